The topological polar surface area (TPSA) is 194 Å². The molecule has 0 rings (SSSR count). The van der Waals surface area contributed by atoms with Crippen molar-refractivity contribution >= 4 is 40.9 Å². The number of carbonyl (C=O) groups is 7. The predicted octanol–water partition coefficient (Wildman–Crippen LogP) is -0.146. The lowest BCUT2D eigenvalue weighted by Gasteiger charge is -2.26. The third-order valence-corrected chi connectivity index (χ3v) is 5.92. The highest BCUT2D eigenvalue weighted by molar-refractivity contribution is 5.94. The Balaban J connectivity index is 5.71. The number of nitrogens with one attached hydrogen (secondary N) is 4. The molecule has 0 aliphatic carbocycles. The predicted molar refractivity (Wildman–Crippen MR) is 142 cm³/mol. The SMILES string of the molecule is CNC(CCC(C)=O)C(=O)NC(CCC(C)=O)C(=O)NC(CCC(C)=O)C(=O)NC(CCCN)CC(C)=O. The molecule has 6 N–H and O–H groups in total. The van der Waals surface area contributed by atoms with E-state index in [1.807, 2.05) is 0 Å². The zero-order valence-electron chi connectivity index (χ0n) is 23.3. The number of ketones is 4. The van der Waals surface area contributed by atoms with Crippen molar-refractivity contribution < 1.29 is 33.6 Å². The Labute approximate surface area is 225 Å². The average molecular weight is 540 g/mol. The van der Waals surface area contributed by atoms with Gasteiger partial charge in [0.1, 0.15) is 35.2 Å². The van der Waals surface area contributed by atoms with Crippen LogP contribution in [-0.2, 0) is 33.6 Å². The average Bonchev–Trinajstić information content (AvgIpc) is 2.81. The van der Waals surface area contributed by atoms with Crippen molar-refractivity contribution in [2.24, 2.45) is 5.73 Å². The van der Waals surface area contributed by atoms with Crippen LogP contribution in [0.5, 0.6) is 0 Å². The maximum absolute atomic E-state index is 13.2. The van der Waals surface area contributed by atoms with Crippen LogP contribution in [0.2, 0.25) is 0 Å². The second-order valence-electron chi connectivity index (χ2n) is 9.73. The maximum Gasteiger partial charge on any atom is 0.243 e. The van der Waals surface area contributed by atoms with Crippen molar-refractivity contribution in [3.8, 4) is 0 Å². The molecule has 12 heteroatoms. The Hall–Kier alpha value is -2.99. The first kappa shape index (κ1) is 35.0. The quantitative estimate of drug-likeness (QED) is 0.132. The van der Waals surface area contributed by atoms with E-state index in [-0.39, 0.29) is 68.1 Å². The molecule has 0 spiro atoms. The summed E-state index contributed by atoms with van der Waals surface area (Å²) < 4.78 is 0. The lowest BCUT2D eigenvalue weighted by molar-refractivity contribution is -0.133. The summed E-state index contributed by atoms with van der Waals surface area (Å²) in [5, 5.41) is 10.8. The number of hydrogen-bond donors (Lipinski definition) is 5. The van der Waals surface area contributed by atoms with Gasteiger partial charge in [0.05, 0.1) is 6.04 Å². The van der Waals surface area contributed by atoms with Crippen LogP contribution in [0, 0.1) is 0 Å². The fourth-order valence-corrected chi connectivity index (χ4v) is 3.77. The molecule has 4 unspecified atom stereocenters. The normalized spacial score (nSPS) is 13.9. The molecule has 0 bridgehead atoms. The molecule has 0 aliphatic rings. The lowest BCUT2D eigenvalue weighted by atomic mass is 10.0. The number of amides is 3. The highest BCUT2D eigenvalue weighted by atomic mass is 16.2. The molecule has 0 heterocycles. The van der Waals surface area contributed by atoms with Gasteiger partial charge in [-0.05, 0) is 73.4 Å². The van der Waals surface area contributed by atoms with Crippen LogP contribution in [-0.4, -0.2) is 78.6 Å². The molecule has 38 heavy (non-hydrogen) atoms. The van der Waals surface area contributed by atoms with E-state index in [9.17, 15) is 33.6 Å². The first-order valence-corrected chi connectivity index (χ1v) is 13.1. The van der Waals surface area contributed by atoms with E-state index in [0.29, 0.717) is 19.4 Å². The summed E-state index contributed by atoms with van der Waals surface area (Å²) in [6.07, 6.45) is 1.60. The molecule has 0 aliphatic heterocycles. The summed E-state index contributed by atoms with van der Waals surface area (Å²) in [5.74, 6) is -2.33. The molecule has 12 nitrogen and oxygen atoms in total. The van der Waals surface area contributed by atoms with E-state index in [2.05, 4.69) is 21.3 Å². The van der Waals surface area contributed by atoms with Crippen molar-refractivity contribution in [3.05, 3.63) is 0 Å². The second kappa shape index (κ2) is 19.1. The molecule has 3 amide bonds. The first-order chi connectivity index (χ1) is 17.8. The van der Waals surface area contributed by atoms with Gasteiger partial charge in [-0.1, -0.05) is 0 Å². The van der Waals surface area contributed by atoms with Gasteiger partial charge in [-0.15, -0.1) is 0 Å². The number of Topliss-reactive ketones (excluding diaryl/α,β-unsaturated/α-hetero) is 4. The summed E-state index contributed by atoms with van der Waals surface area (Å²) in [7, 11) is 1.55. The number of nitrogens with two attached hydrogens (primary N) is 1. The van der Waals surface area contributed by atoms with E-state index >= 15 is 0 Å². The van der Waals surface area contributed by atoms with E-state index < -0.39 is 41.9 Å². The van der Waals surface area contributed by atoms with Gasteiger partial charge in [0, 0.05) is 31.7 Å². The molecular weight excluding hydrogens is 494 g/mol. The molecule has 0 saturated carbocycles. The van der Waals surface area contributed by atoms with Gasteiger partial charge in [-0.3, -0.25) is 19.2 Å². The minimum atomic E-state index is -1.13. The highest BCUT2D eigenvalue weighted by Gasteiger charge is 2.30. The highest BCUT2D eigenvalue weighted by Crippen LogP contribution is 2.08. The van der Waals surface area contributed by atoms with Gasteiger partial charge in [0.15, 0.2) is 0 Å². The van der Waals surface area contributed by atoms with Crippen molar-refractivity contribution in [2.45, 2.75) is 110 Å². The summed E-state index contributed by atoms with van der Waals surface area (Å²) in [4.78, 5) is 85.3. The van der Waals surface area contributed by atoms with Gasteiger partial charge in [-0.2, -0.15) is 0 Å². The van der Waals surface area contributed by atoms with Crippen molar-refractivity contribution in [2.75, 3.05) is 13.6 Å². The van der Waals surface area contributed by atoms with Crippen LogP contribution < -0.4 is 27.0 Å². The molecule has 0 saturated heterocycles. The molecule has 4 atom stereocenters. The number of carbonyl (C=O) groups excluding carboxylic acids is 7. The third-order valence-electron chi connectivity index (χ3n) is 5.92. The van der Waals surface area contributed by atoms with E-state index in [0.717, 1.165) is 0 Å². The maximum atomic E-state index is 13.2. The van der Waals surface area contributed by atoms with Crippen LogP contribution in [0.1, 0.15) is 85.5 Å². The minimum Gasteiger partial charge on any atom is -0.351 e. The fraction of sp³-hybridized carbons (Fsp3) is 0.731. The zero-order chi connectivity index (χ0) is 29.3. The van der Waals surface area contributed by atoms with Crippen LogP contribution in [0.25, 0.3) is 0 Å². The Kier molecular flexibility index (Phi) is 17.6. The zero-order valence-corrected chi connectivity index (χ0v) is 23.3. The molecular formula is C26H45N5O7. The monoisotopic (exact) mass is 539 g/mol. The largest absolute Gasteiger partial charge is 0.351 e. The Morgan fingerprint density at radius 1 is 0.579 bits per heavy atom. The van der Waals surface area contributed by atoms with Gasteiger partial charge in [0.25, 0.3) is 0 Å². The van der Waals surface area contributed by atoms with Gasteiger partial charge in [-0.25, -0.2) is 0 Å². The number of rotatable bonds is 21. The smallest absolute Gasteiger partial charge is 0.243 e. The van der Waals surface area contributed by atoms with Crippen LogP contribution in [0.4, 0.5) is 0 Å². The van der Waals surface area contributed by atoms with E-state index in [1.54, 1.807) is 7.05 Å². The molecule has 0 aromatic rings. The van der Waals surface area contributed by atoms with Crippen molar-refractivity contribution in [3.63, 3.8) is 0 Å². The molecule has 0 aromatic heterocycles. The number of likely N-dealkylation sites (N-methyl/N-ethyl adjacent to an activating group) is 1. The van der Waals surface area contributed by atoms with Crippen LogP contribution in [0.3, 0.4) is 0 Å². The van der Waals surface area contributed by atoms with Crippen molar-refractivity contribution in [1.29, 1.82) is 0 Å². The van der Waals surface area contributed by atoms with E-state index in [1.165, 1.54) is 27.7 Å². The summed E-state index contributed by atoms with van der Waals surface area (Å²) in [6, 6.07) is -3.45. The first-order valence-electron chi connectivity index (χ1n) is 13.1. The summed E-state index contributed by atoms with van der Waals surface area (Å²) in [6.45, 7) is 5.93. The van der Waals surface area contributed by atoms with Crippen LogP contribution in [0.15, 0.2) is 0 Å². The summed E-state index contributed by atoms with van der Waals surface area (Å²) in [5.41, 5.74) is 5.56. The van der Waals surface area contributed by atoms with Crippen LogP contribution >= 0.6 is 0 Å². The van der Waals surface area contributed by atoms with Gasteiger partial charge < -0.3 is 41.4 Å². The standard InChI is InChI=1S/C26H45N5O7/c1-16(32)8-11-21(28-5)24(36)30-23(13-10-18(3)34)26(38)31-22(12-9-17(2)33)25(37)29-20(7-6-14-27)15-19(4)35/h20-23,28H,6-15,27H2,1-5H3,(H,29,37)(H,30,36)(H,31,38). The van der Waals surface area contributed by atoms with E-state index in [4.69, 9.17) is 5.73 Å². The lowest BCUT2D eigenvalue weighted by Crippen LogP contribution is -2.57. The second-order valence-corrected chi connectivity index (χ2v) is 9.73. The van der Waals surface area contributed by atoms with Crippen molar-refractivity contribution in [1.82, 2.24) is 21.3 Å². The van der Waals surface area contributed by atoms with Gasteiger partial charge >= 0.3 is 0 Å². The summed E-state index contributed by atoms with van der Waals surface area (Å²) >= 11 is 0. The third kappa shape index (κ3) is 16.0. The minimum absolute atomic E-state index is 0.000554. The Morgan fingerprint density at radius 2 is 0.974 bits per heavy atom. The Morgan fingerprint density at radius 3 is 1.34 bits per heavy atom. The fourth-order valence-electron chi connectivity index (χ4n) is 3.77. The van der Waals surface area contributed by atoms with Gasteiger partial charge in [0.2, 0.25) is 17.7 Å². The Bertz CT molecular complexity index is 846. The molecule has 0 radical (unpaired) electrons. The molecule has 216 valence electrons. The number of hydrogen-bond acceptors (Lipinski definition) is 9. The molecule has 0 aromatic carbocycles. The molecule has 0 fully saturated rings.